The first-order valence-corrected chi connectivity index (χ1v) is 5.63. The van der Waals surface area contributed by atoms with Crippen molar-refractivity contribution in [2.45, 2.75) is 43.3 Å². The van der Waals surface area contributed by atoms with Crippen LogP contribution in [0.15, 0.2) is 0 Å². The van der Waals surface area contributed by atoms with Crippen LogP contribution in [0.3, 0.4) is 0 Å². The fourth-order valence-electron chi connectivity index (χ4n) is 1.98. The summed E-state index contributed by atoms with van der Waals surface area (Å²) in [7, 11) is 0. The van der Waals surface area contributed by atoms with E-state index in [1.807, 2.05) is 0 Å². The van der Waals surface area contributed by atoms with E-state index in [-0.39, 0.29) is 0 Å². The van der Waals surface area contributed by atoms with E-state index in [0.29, 0.717) is 0 Å². The molecule has 1 aliphatic rings. The molecule has 0 amide bonds. The molecule has 1 aliphatic heterocycles. The number of carboxylic acids is 1. The van der Waals surface area contributed by atoms with E-state index in [1.165, 1.54) is 6.92 Å². The maximum Gasteiger partial charge on any atom is 0.372 e. The monoisotopic (exact) mass is 285 g/mol. The van der Waals surface area contributed by atoms with Crippen LogP contribution < -0.4 is 5.73 Å². The van der Waals surface area contributed by atoms with E-state index < -0.39 is 54.9 Å². The Labute approximate surface area is 107 Å². The number of aliphatic hydroxyl groups excluding tert-OH is 3. The van der Waals surface area contributed by atoms with Crippen LogP contribution in [0.4, 0.5) is 8.78 Å². The number of halogens is 2. The van der Waals surface area contributed by atoms with Crippen molar-refractivity contribution >= 4 is 5.97 Å². The van der Waals surface area contributed by atoms with Crippen molar-refractivity contribution < 1.29 is 38.7 Å². The zero-order valence-corrected chi connectivity index (χ0v) is 10.1. The molecule has 0 aromatic carbocycles. The van der Waals surface area contributed by atoms with Gasteiger partial charge in [0.2, 0.25) is 0 Å². The summed E-state index contributed by atoms with van der Waals surface area (Å²) in [6.45, 7) is 0.463. The van der Waals surface area contributed by atoms with Crippen molar-refractivity contribution in [3.05, 3.63) is 0 Å². The summed E-state index contributed by atoms with van der Waals surface area (Å²) < 4.78 is 32.1. The topological polar surface area (TPSA) is 133 Å². The summed E-state index contributed by atoms with van der Waals surface area (Å²) in [6, 6.07) is -1.54. The normalized spacial score (nSPS) is 42.7. The molecule has 1 heterocycles. The fraction of sp³-hybridized carbons (Fsp3) is 0.900. The third-order valence-electron chi connectivity index (χ3n) is 3.34. The largest absolute Gasteiger partial charge is 0.477 e. The smallest absolute Gasteiger partial charge is 0.372 e. The van der Waals surface area contributed by atoms with Crippen LogP contribution in [0.5, 0.6) is 0 Å². The van der Waals surface area contributed by atoms with E-state index in [2.05, 4.69) is 4.74 Å². The van der Waals surface area contributed by atoms with Gasteiger partial charge in [0.05, 0.1) is 12.7 Å². The van der Waals surface area contributed by atoms with Crippen LogP contribution in [-0.2, 0) is 9.53 Å². The molecule has 0 bridgehead atoms. The van der Waals surface area contributed by atoms with Crippen molar-refractivity contribution in [3.8, 4) is 0 Å². The van der Waals surface area contributed by atoms with Gasteiger partial charge >= 0.3 is 11.8 Å². The van der Waals surface area contributed by atoms with Gasteiger partial charge in [-0.05, 0) is 0 Å². The summed E-state index contributed by atoms with van der Waals surface area (Å²) in [4.78, 5) is 10.8. The molecule has 9 heteroatoms. The van der Waals surface area contributed by atoms with Gasteiger partial charge in [-0.25, -0.2) is 9.18 Å². The molecule has 0 aliphatic carbocycles. The highest BCUT2D eigenvalue weighted by atomic mass is 19.2. The van der Waals surface area contributed by atoms with Gasteiger partial charge in [0.15, 0.2) is 6.17 Å². The Hall–Kier alpha value is -0.870. The Morgan fingerprint density at radius 2 is 2.05 bits per heavy atom. The first-order valence-electron chi connectivity index (χ1n) is 5.63. The zero-order chi connectivity index (χ0) is 15.0. The average molecular weight is 285 g/mol. The van der Waals surface area contributed by atoms with Gasteiger partial charge in [-0.15, -0.1) is 0 Å². The van der Waals surface area contributed by atoms with Gasteiger partial charge in [-0.1, -0.05) is 6.92 Å². The molecule has 7 nitrogen and oxygen atoms in total. The number of hydrogen-bond acceptors (Lipinski definition) is 6. The summed E-state index contributed by atoms with van der Waals surface area (Å²) in [5, 5.41) is 36.3. The average Bonchev–Trinajstić information content (AvgIpc) is 2.38. The second kappa shape index (κ2) is 5.63. The third kappa shape index (κ3) is 2.70. The molecule has 3 unspecified atom stereocenters. The lowest BCUT2D eigenvalue weighted by Crippen LogP contribution is -2.66. The number of ether oxygens (including phenoxy) is 1. The molecule has 1 saturated heterocycles. The minimum Gasteiger partial charge on any atom is -0.477 e. The number of aliphatic hydroxyl groups is 3. The summed E-state index contributed by atoms with van der Waals surface area (Å²) >= 11 is 0. The molecule has 0 spiro atoms. The van der Waals surface area contributed by atoms with Crippen LogP contribution in [0.2, 0.25) is 0 Å². The molecule has 0 radical (unpaired) electrons. The predicted octanol–water partition coefficient (Wildman–Crippen LogP) is -1.85. The minimum absolute atomic E-state index is 0.853. The fourth-order valence-corrected chi connectivity index (χ4v) is 1.98. The summed E-state index contributed by atoms with van der Waals surface area (Å²) in [6.07, 6.45) is -7.66. The Kier molecular flexibility index (Phi) is 4.80. The summed E-state index contributed by atoms with van der Waals surface area (Å²) in [5.74, 6) is -6.88. The Bertz CT molecular complexity index is 342. The first kappa shape index (κ1) is 16.2. The van der Waals surface area contributed by atoms with Crippen molar-refractivity contribution in [2.24, 2.45) is 11.7 Å². The van der Waals surface area contributed by atoms with Gasteiger partial charge < -0.3 is 30.9 Å². The summed E-state index contributed by atoms with van der Waals surface area (Å²) in [5.41, 5.74) is 5.39. The van der Waals surface area contributed by atoms with Crippen LogP contribution >= 0.6 is 0 Å². The Morgan fingerprint density at radius 1 is 1.53 bits per heavy atom. The highest BCUT2D eigenvalue weighted by Crippen LogP contribution is 2.37. The molecule has 0 saturated carbocycles. The molecule has 0 aromatic heterocycles. The number of rotatable bonds is 4. The van der Waals surface area contributed by atoms with Gasteiger partial charge in [0.1, 0.15) is 12.2 Å². The van der Waals surface area contributed by atoms with Gasteiger partial charge in [0.25, 0.3) is 0 Å². The van der Waals surface area contributed by atoms with Crippen molar-refractivity contribution in [1.29, 1.82) is 0 Å². The molecule has 1 rings (SSSR count). The van der Waals surface area contributed by atoms with Gasteiger partial charge in [-0.3, -0.25) is 0 Å². The highest BCUT2D eigenvalue weighted by Gasteiger charge is 2.60. The maximum absolute atomic E-state index is 14.0. The van der Waals surface area contributed by atoms with Gasteiger partial charge in [0, 0.05) is 12.0 Å². The van der Waals surface area contributed by atoms with E-state index in [1.54, 1.807) is 0 Å². The molecular weight excluding hydrogens is 268 g/mol. The number of carboxylic acid groups (broad SMARTS) is 1. The van der Waals surface area contributed by atoms with Gasteiger partial charge in [-0.2, -0.15) is 4.39 Å². The number of hydrogen-bond donors (Lipinski definition) is 5. The van der Waals surface area contributed by atoms with Crippen LogP contribution in [0.1, 0.15) is 6.92 Å². The van der Waals surface area contributed by atoms with Crippen LogP contribution in [0.25, 0.3) is 0 Å². The molecular formula is C10H17F2NO6. The highest BCUT2D eigenvalue weighted by molar-refractivity contribution is 5.76. The number of alkyl halides is 2. The lowest BCUT2D eigenvalue weighted by Gasteiger charge is -2.44. The molecule has 6 N–H and O–H groups in total. The minimum atomic E-state index is -3.70. The van der Waals surface area contributed by atoms with Crippen LogP contribution in [-0.4, -0.2) is 69.4 Å². The van der Waals surface area contributed by atoms with Crippen molar-refractivity contribution in [3.63, 3.8) is 0 Å². The molecule has 112 valence electrons. The predicted molar refractivity (Wildman–Crippen MR) is 57.5 cm³/mol. The van der Waals surface area contributed by atoms with Crippen molar-refractivity contribution in [1.82, 2.24) is 0 Å². The second-order valence-corrected chi connectivity index (χ2v) is 4.61. The standard InChI is InChI=1S/C10H17F2NO6/c1-3-5(13)8(11)10(12,9(17)18)19-7(3)6(16)4(15)2-14/h3-8,14-16H,2,13H2,1H3,(H,17,18)/t3?,4-,5+,6-,7?,8?,10-/m1/s1. The van der Waals surface area contributed by atoms with Crippen molar-refractivity contribution in [2.75, 3.05) is 6.61 Å². The molecule has 1 fully saturated rings. The number of carbonyl (C=O) groups is 1. The van der Waals surface area contributed by atoms with Crippen LogP contribution in [0, 0.1) is 5.92 Å². The number of aliphatic carboxylic acids is 1. The second-order valence-electron chi connectivity index (χ2n) is 4.61. The molecule has 0 aromatic rings. The van der Waals surface area contributed by atoms with E-state index >= 15 is 0 Å². The van der Waals surface area contributed by atoms with E-state index in [0.717, 1.165) is 0 Å². The Balaban J connectivity index is 3.04. The quantitative estimate of drug-likeness (QED) is 0.409. The SMILES string of the molecule is CC1C([C@H](O)[C@H](O)CO)O[C@@](F)(C(=O)O)C(F)[C@H]1N. The van der Waals surface area contributed by atoms with E-state index in [9.17, 15) is 23.8 Å². The third-order valence-corrected chi connectivity index (χ3v) is 3.34. The van der Waals surface area contributed by atoms with E-state index in [4.69, 9.17) is 15.9 Å². The first-order chi connectivity index (χ1) is 8.66. The molecule has 19 heavy (non-hydrogen) atoms. The Morgan fingerprint density at radius 3 is 2.47 bits per heavy atom. The number of nitrogens with two attached hydrogens (primary N) is 1. The maximum atomic E-state index is 14.0. The lowest BCUT2D eigenvalue weighted by atomic mass is 9.83. The zero-order valence-electron chi connectivity index (χ0n) is 10.1. The lowest BCUT2D eigenvalue weighted by molar-refractivity contribution is -0.282. The molecule has 7 atom stereocenters.